The molecule has 1 unspecified atom stereocenters. The summed E-state index contributed by atoms with van der Waals surface area (Å²) in [4.78, 5) is 0. The number of aryl methyl sites for hydroxylation is 1. The molecule has 0 aromatic heterocycles. The van der Waals surface area contributed by atoms with E-state index in [0.717, 1.165) is 22.4 Å². The van der Waals surface area contributed by atoms with Crippen LogP contribution in [0.2, 0.25) is 5.02 Å². The second-order valence-corrected chi connectivity index (χ2v) is 5.62. The molecule has 0 bridgehead atoms. The van der Waals surface area contributed by atoms with Gasteiger partial charge in [-0.3, -0.25) is 0 Å². The zero-order valence-corrected chi connectivity index (χ0v) is 12.8. The van der Waals surface area contributed by atoms with E-state index in [1.54, 1.807) is 0 Å². The molecule has 3 heteroatoms. The third-order valence-electron chi connectivity index (χ3n) is 3.19. The van der Waals surface area contributed by atoms with Crippen molar-refractivity contribution in [3.8, 4) is 5.75 Å². The highest BCUT2D eigenvalue weighted by Crippen LogP contribution is 2.31. The van der Waals surface area contributed by atoms with Gasteiger partial charge in [0.05, 0.1) is 12.1 Å². The van der Waals surface area contributed by atoms with Crippen molar-refractivity contribution in [2.45, 2.75) is 32.9 Å². The van der Waals surface area contributed by atoms with E-state index in [2.05, 4.69) is 0 Å². The van der Waals surface area contributed by atoms with Crippen molar-refractivity contribution in [3.05, 3.63) is 64.2 Å². The van der Waals surface area contributed by atoms with Gasteiger partial charge in [0.2, 0.25) is 0 Å². The lowest BCUT2D eigenvalue weighted by molar-refractivity contribution is 0.239. The van der Waals surface area contributed by atoms with Gasteiger partial charge in [-0.15, -0.1) is 0 Å². The van der Waals surface area contributed by atoms with Crippen LogP contribution in [-0.4, -0.2) is 6.10 Å². The van der Waals surface area contributed by atoms with Crippen LogP contribution in [0.5, 0.6) is 5.75 Å². The Bertz CT molecular complexity index is 595. The number of nitrogens with two attached hydrogens (primary N) is 1. The molecule has 0 aliphatic carbocycles. The van der Waals surface area contributed by atoms with Gasteiger partial charge in [0.1, 0.15) is 5.75 Å². The van der Waals surface area contributed by atoms with E-state index < -0.39 is 0 Å². The first kappa shape index (κ1) is 14.9. The lowest BCUT2D eigenvalue weighted by atomic mass is 9.95. The van der Waals surface area contributed by atoms with E-state index in [1.165, 1.54) is 0 Å². The minimum atomic E-state index is -0.247. The number of para-hydroxylation sites is 1. The van der Waals surface area contributed by atoms with Gasteiger partial charge in [0.25, 0.3) is 0 Å². The van der Waals surface area contributed by atoms with E-state index in [9.17, 15) is 0 Å². The number of rotatable bonds is 4. The molecule has 2 aromatic rings. The maximum atomic E-state index is 6.42. The Morgan fingerprint density at radius 3 is 2.45 bits per heavy atom. The summed E-state index contributed by atoms with van der Waals surface area (Å²) >= 11 is 6.09. The van der Waals surface area contributed by atoms with Gasteiger partial charge in [-0.05, 0) is 50.1 Å². The molecule has 0 saturated carbocycles. The standard InChI is InChI=1S/C17H20ClNO/c1-11(2)20-16-7-5-4-6-14(16)17(19)15-10-13(18)9-8-12(15)3/h4-11,17H,19H2,1-3H3. The largest absolute Gasteiger partial charge is 0.491 e. The molecule has 0 radical (unpaired) electrons. The van der Waals surface area contributed by atoms with Crippen molar-refractivity contribution in [2.75, 3.05) is 0 Å². The predicted octanol–water partition coefficient (Wildman–Crippen LogP) is 4.48. The molecule has 2 N–H and O–H groups in total. The van der Waals surface area contributed by atoms with Crippen LogP contribution in [0, 0.1) is 6.92 Å². The molecule has 0 saturated heterocycles. The highest BCUT2D eigenvalue weighted by Gasteiger charge is 2.16. The Morgan fingerprint density at radius 2 is 1.75 bits per heavy atom. The van der Waals surface area contributed by atoms with Crippen LogP contribution in [0.3, 0.4) is 0 Å². The van der Waals surface area contributed by atoms with E-state index in [0.29, 0.717) is 5.02 Å². The van der Waals surface area contributed by atoms with Gasteiger partial charge in [-0.25, -0.2) is 0 Å². The zero-order chi connectivity index (χ0) is 14.7. The zero-order valence-electron chi connectivity index (χ0n) is 12.1. The summed E-state index contributed by atoms with van der Waals surface area (Å²) in [6.45, 7) is 6.05. The first-order valence-corrected chi connectivity index (χ1v) is 7.14. The van der Waals surface area contributed by atoms with Crippen molar-refractivity contribution in [3.63, 3.8) is 0 Å². The van der Waals surface area contributed by atoms with Crippen LogP contribution in [0.25, 0.3) is 0 Å². The Morgan fingerprint density at radius 1 is 1.05 bits per heavy atom. The van der Waals surface area contributed by atoms with Crippen LogP contribution >= 0.6 is 11.6 Å². The monoisotopic (exact) mass is 289 g/mol. The van der Waals surface area contributed by atoms with E-state index in [-0.39, 0.29) is 12.1 Å². The van der Waals surface area contributed by atoms with Crippen LogP contribution in [0.4, 0.5) is 0 Å². The fourth-order valence-corrected chi connectivity index (χ4v) is 2.39. The van der Waals surface area contributed by atoms with Crippen LogP contribution < -0.4 is 10.5 Å². The molecule has 0 spiro atoms. The topological polar surface area (TPSA) is 35.2 Å². The molecule has 0 aliphatic heterocycles. The third kappa shape index (κ3) is 3.33. The highest BCUT2D eigenvalue weighted by atomic mass is 35.5. The van der Waals surface area contributed by atoms with Crippen LogP contribution in [-0.2, 0) is 0 Å². The second kappa shape index (κ2) is 6.29. The lowest BCUT2D eigenvalue weighted by Gasteiger charge is -2.20. The molecule has 0 heterocycles. The second-order valence-electron chi connectivity index (χ2n) is 5.18. The minimum Gasteiger partial charge on any atom is -0.491 e. The predicted molar refractivity (Wildman–Crippen MR) is 84.4 cm³/mol. The third-order valence-corrected chi connectivity index (χ3v) is 3.43. The summed E-state index contributed by atoms with van der Waals surface area (Å²) in [6, 6.07) is 13.4. The summed E-state index contributed by atoms with van der Waals surface area (Å²) in [6.07, 6.45) is 0.115. The van der Waals surface area contributed by atoms with Crippen molar-refractivity contribution in [1.29, 1.82) is 0 Å². The molecule has 106 valence electrons. The molecule has 0 fully saturated rings. The Kier molecular flexibility index (Phi) is 4.69. The average Bonchev–Trinajstić information content (AvgIpc) is 2.41. The molecular weight excluding hydrogens is 270 g/mol. The van der Waals surface area contributed by atoms with Crippen LogP contribution in [0.1, 0.15) is 36.6 Å². The Labute approximate surface area is 125 Å². The van der Waals surface area contributed by atoms with Gasteiger partial charge >= 0.3 is 0 Å². The maximum Gasteiger partial charge on any atom is 0.124 e. The van der Waals surface area contributed by atoms with Crippen LogP contribution in [0.15, 0.2) is 42.5 Å². The molecule has 1 atom stereocenters. The number of benzene rings is 2. The molecule has 2 nitrogen and oxygen atoms in total. The van der Waals surface area contributed by atoms with Gasteiger partial charge in [0, 0.05) is 10.6 Å². The van der Waals surface area contributed by atoms with E-state index >= 15 is 0 Å². The summed E-state index contributed by atoms with van der Waals surface area (Å²) in [5.74, 6) is 0.828. The lowest BCUT2D eigenvalue weighted by Crippen LogP contribution is -2.16. The van der Waals surface area contributed by atoms with E-state index in [4.69, 9.17) is 22.1 Å². The maximum absolute atomic E-state index is 6.42. The molecule has 0 amide bonds. The summed E-state index contributed by atoms with van der Waals surface area (Å²) < 4.78 is 5.85. The molecule has 2 aromatic carbocycles. The summed E-state index contributed by atoms with van der Waals surface area (Å²) in [5.41, 5.74) is 9.55. The van der Waals surface area contributed by atoms with Gasteiger partial charge in [-0.2, -0.15) is 0 Å². The number of hydrogen-bond acceptors (Lipinski definition) is 2. The van der Waals surface area contributed by atoms with Gasteiger partial charge < -0.3 is 10.5 Å². The molecular formula is C17H20ClNO. The highest BCUT2D eigenvalue weighted by molar-refractivity contribution is 6.30. The van der Waals surface area contributed by atoms with Crippen molar-refractivity contribution >= 4 is 11.6 Å². The summed E-state index contributed by atoms with van der Waals surface area (Å²) in [5, 5.41) is 0.698. The van der Waals surface area contributed by atoms with Gasteiger partial charge in [-0.1, -0.05) is 35.9 Å². The first-order chi connectivity index (χ1) is 9.49. The quantitative estimate of drug-likeness (QED) is 0.900. The average molecular weight is 290 g/mol. The Hall–Kier alpha value is -1.51. The number of hydrogen-bond donors (Lipinski definition) is 1. The molecule has 20 heavy (non-hydrogen) atoms. The first-order valence-electron chi connectivity index (χ1n) is 6.76. The molecule has 0 aliphatic rings. The van der Waals surface area contributed by atoms with Crippen molar-refractivity contribution < 1.29 is 4.74 Å². The number of halogens is 1. The van der Waals surface area contributed by atoms with Gasteiger partial charge in [0.15, 0.2) is 0 Å². The fraction of sp³-hybridized carbons (Fsp3) is 0.294. The molecule has 2 rings (SSSR count). The van der Waals surface area contributed by atoms with Crippen molar-refractivity contribution in [1.82, 2.24) is 0 Å². The smallest absolute Gasteiger partial charge is 0.124 e. The Balaban J connectivity index is 2.42. The van der Waals surface area contributed by atoms with Crippen molar-refractivity contribution in [2.24, 2.45) is 5.73 Å². The normalized spacial score (nSPS) is 12.5. The minimum absolute atomic E-state index is 0.115. The fourth-order valence-electron chi connectivity index (χ4n) is 2.21. The SMILES string of the molecule is Cc1ccc(Cl)cc1C(N)c1ccccc1OC(C)C. The number of ether oxygens (including phenoxy) is 1. The summed E-state index contributed by atoms with van der Waals surface area (Å²) in [7, 11) is 0. The van der Waals surface area contributed by atoms with E-state index in [1.807, 2.05) is 63.2 Å².